The Morgan fingerprint density at radius 2 is 1.70 bits per heavy atom. The van der Waals surface area contributed by atoms with Crippen molar-refractivity contribution in [2.45, 2.75) is 6.92 Å². The van der Waals surface area contributed by atoms with E-state index in [-0.39, 0.29) is 18.0 Å². The number of rotatable bonds is 7. The van der Waals surface area contributed by atoms with Gasteiger partial charge in [-0.05, 0) is 71.2 Å². The molecule has 138 valence electrons. The smallest absolute Gasteiger partial charge is 0.330 e. The van der Waals surface area contributed by atoms with Crippen molar-refractivity contribution in [3.05, 3.63) is 89.8 Å². The maximum Gasteiger partial charge on any atom is 0.330 e. The van der Waals surface area contributed by atoms with Gasteiger partial charge in [-0.25, -0.2) is 9.18 Å². The fourth-order valence-electron chi connectivity index (χ4n) is 2.41. The van der Waals surface area contributed by atoms with Gasteiger partial charge in [-0.2, -0.15) is 0 Å². The zero-order chi connectivity index (χ0) is 20.0. The summed E-state index contributed by atoms with van der Waals surface area (Å²) in [6.07, 6.45) is 2.86. The highest BCUT2D eigenvalue weighted by Gasteiger charge is 2.11. The molecule has 2 aromatic carbocycles. The van der Waals surface area contributed by atoms with E-state index in [1.807, 2.05) is 0 Å². The molecule has 0 fully saturated rings. The average Bonchev–Trinajstić information content (AvgIpc) is 2.65. The Balaban J connectivity index is 2.47. The van der Waals surface area contributed by atoms with Crippen LogP contribution in [0.1, 0.15) is 29.2 Å². The van der Waals surface area contributed by atoms with E-state index in [0.29, 0.717) is 22.3 Å². The van der Waals surface area contributed by atoms with E-state index in [4.69, 9.17) is 10.5 Å². The van der Waals surface area contributed by atoms with Crippen molar-refractivity contribution in [2.24, 2.45) is 5.73 Å². The summed E-state index contributed by atoms with van der Waals surface area (Å²) in [7, 11) is 0. The van der Waals surface area contributed by atoms with Gasteiger partial charge in [0.2, 0.25) is 5.91 Å². The maximum atomic E-state index is 13.2. The molecule has 0 aliphatic carbocycles. The van der Waals surface area contributed by atoms with E-state index in [2.05, 4.69) is 13.2 Å². The van der Waals surface area contributed by atoms with E-state index in [1.165, 1.54) is 18.2 Å². The second kappa shape index (κ2) is 8.76. The molecule has 0 aliphatic heterocycles. The minimum atomic E-state index is -0.653. The lowest BCUT2D eigenvalue weighted by Gasteiger charge is -2.11. The second-order valence-electron chi connectivity index (χ2n) is 5.76. The van der Waals surface area contributed by atoms with Crippen LogP contribution in [-0.2, 0) is 14.3 Å². The third-order valence-electron chi connectivity index (χ3n) is 3.84. The molecular formula is C22H20FNO3. The Kier molecular flexibility index (Phi) is 6.44. The summed E-state index contributed by atoms with van der Waals surface area (Å²) in [5.41, 5.74) is 8.65. The Morgan fingerprint density at radius 3 is 2.30 bits per heavy atom. The van der Waals surface area contributed by atoms with Gasteiger partial charge < -0.3 is 10.5 Å². The van der Waals surface area contributed by atoms with Crippen LogP contribution in [0.3, 0.4) is 0 Å². The molecule has 0 atom stereocenters. The average molecular weight is 365 g/mol. The molecule has 0 spiro atoms. The van der Waals surface area contributed by atoms with Crippen LogP contribution in [0.5, 0.6) is 0 Å². The number of ether oxygens (including phenoxy) is 1. The molecule has 0 heterocycles. The first kappa shape index (κ1) is 19.8. The summed E-state index contributed by atoms with van der Waals surface area (Å²) >= 11 is 0. The zero-order valence-corrected chi connectivity index (χ0v) is 15.0. The van der Waals surface area contributed by atoms with Crippen molar-refractivity contribution in [2.75, 3.05) is 6.61 Å². The quantitative estimate of drug-likeness (QED) is 0.596. The van der Waals surface area contributed by atoms with Crippen LogP contribution in [0.25, 0.3) is 17.2 Å². The van der Waals surface area contributed by atoms with E-state index in [9.17, 15) is 14.0 Å². The number of amides is 1. The molecule has 5 heteroatoms. The van der Waals surface area contributed by atoms with Crippen LogP contribution < -0.4 is 5.73 Å². The van der Waals surface area contributed by atoms with Gasteiger partial charge in [0.15, 0.2) is 0 Å². The Morgan fingerprint density at radius 1 is 1.07 bits per heavy atom. The standard InChI is InChI=1S/C22H20FNO3/c1-4-27-21(25)10-5-16-11-18(13-19(12-16)15(3)22(24)26)14(2)17-6-8-20(23)9-7-17/h5-13H,2-4H2,1H3,(H2,24,26). The second-order valence-corrected chi connectivity index (χ2v) is 5.76. The van der Waals surface area contributed by atoms with Gasteiger partial charge >= 0.3 is 5.97 Å². The molecule has 2 N–H and O–H groups in total. The lowest BCUT2D eigenvalue weighted by molar-refractivity contribution is -0.137. The Labute approximate surface area is 157 Å². The fraction of sp³-hybridized carbons (Fsp3) is 0.0909. The van der Waals surface area contributed by atoms with Crippen LogP contribution in [0.15, 0.2) is 61.7 Å². The molecule has 0 bridgehead atoms. The van der Waals surface area contributed by atoms with Gasteiger partial charge in [0.05, 0.1) is 6.61 Å². The summed E-state index contributed by atoms with van der Waals surface area (Å²) in [4.78, 5) is 23.1. The third-order valence-corrected chi connectivity index (χ3v) is 3.84. The lowest BCUT2D eigenvalue weighted by Crippen LogP contribution is -2.12. The predicted octanol–water partition coefficient (Wildman–Crippen LogP) is 3.96. The number of nitrogens with two attached hydrogens (primary N) is 1. The highest BCUT2D eigenvalue weighted by Crippen LogP contribution is 2.27. The third kappa shape index (κ3) is 5.25. The number of esters is 1. The zero-order valence-electron chi connectivity index (χ0n) is 15.0. The van der Waals surface area contributed by atoms with Crippen LogP contribution in [0.4, 0.5) is 4.39 Å². The van der Waals surface area contributed by atoms with Crippen LogP contribution in [-0.4, -0.2) is 18.5 Å². The topological polar surface area (TPSA) is 69.4 Å². The van der Waals surface area contributed by atoms with Crippen molar-refractivity contribution in [1.29, 1.82) is 0 Å². The highest BCUT2D eigenvalue weighted by molar-refractivity contribution is 6.18. The van der Waals surface area contributed by atoms with E-state index in [0.717, 1.165) is 5.56 Å². The van der Waals surface area contributed by atoms with Crippen molar-refractivity contribution in [3.8, 4) is 0 Å². The highest BCUT2D eigenvalue weighted by atomic mass is 19.1. The van der Waals surface area contributed by atoms with Gasteiger partial charge in [-0.3, -0.25) is 4.79 Å². The van der Waals surface area contributed by atoms with E-state index >= 15 is 0 Å². The van der Waals surface area contributed by atoms with E-state index in [1.54, 1.807) is 43.3 Å². The summed E-state index contributed by atoms with van der Waals surface area (Å²) < 4.78 is 18.0. The minimum absolute atomic E-state index is 0.134. The number of primary amides is 1. The number of carbonyl (C=O) groups excluding carboxylic acids is 2. The summed E-state index contributed by atoms with van der Waals surface area (Å²) in [5, 5.41) is 0. The SMILES string of the molecule is C=C(C(N)=O)c1cc(C=CC(=O)OCC)cc(C(=C)c2ccc(F)cc2)c1. The molecule has 0 saturated carbocycles. The van der Waals surface area contributed by atoms with Crippen molar-refractivity contribution < 1.29 is 18.7 Å². The van der Waals surface area contributed by atoms with Crippen LogP contribution in [0, 0.1) is 5.82 Å². The first-order chi connectivity index (χ1) is 12.8. The minimum Gasteiger partial charge on any atom is -0.463 e. The predicted molar refractivity (Wildman–Crippen MR) is 105 cm³/mol. The number of carbonyl (C=O) groups is 2. The van der Waals surface area contributed by atoms with Crippen molar-refractivity contribution >= 4 is 29.1 Å². The summed E-state index contributed by atoms with van der Waals surface area (Å²) in [6, 6.07) is 11.1. The van der Waals surface area contributed by atoms with Gasteiger partial charge in [0.1, 0.15) is 5.82 Å². The Hall–Kier alpha value is -3.47. The molecule has 2 aromatic rings. The molecule has 0 aliphatic rings. The number of benzene rings is 2. The normalized spacial score (nSPS) is 10.6. The molecular weight excluding hydrogens is 345 g/mol. The largest absolute Gasteiger partial charge is 0.463 e. The monoisotopic (exact) mass is 365 g/mol. The molecule has 4 nitrogen and oxygen atoms in total. The van der Waals surface area contributed by atoms with Gasteiger partial charge in [0, 0.05) is 11.6 Å². The Bertz CT molecular complexity index is 927. The molecule has 0 unspecified atom stereocenters. The molecule has 1 amide bonds. The maximum absolute atomic E-state index is 13.2. The number of hydrogen-bond donors (Lipinski definition) is 1. The fourth-order valence-corrected chi connectivity index (χ4v) is 2.41. The first-order valence-corrected chi connectivity index (χ1v) is 8.26. The lowest BCUT2D eigenvalue weighted by atomic mass is 9.93. The number of halogens is 1. The van der Waals surface area contributed by atoms with Crippen LogP contribution >= 0.6 is 0 Å². The molecule has 2 rings (SSSR count). The molecule has 27 heavy (non-hydrogen) atoms. The molecule has 0 radical (unpaired) electrons. The van der Waals surface area contributed by atoms with E-state index < -0.39 is 11.9 Å². The molecule has 0 aromatic heterocycles. The first-order valence-electron chi connectivity index (χ1n) is 8.26. The van der Waals surface area contributed by atoms with Gasteiger partial charge in [-0.15, -0.1) is 0 Å². The number of hydrogen-bond acceptors (Lipinski definition) is 3. The van der Waals surface area contributed by atoms with Crippen molar-refractivity contribution in [1.82, 2.24) is 0 Å². The van der Waals surface area contributed by atoms with Crippen molar-refractivity contribution in [3.63, 3.8) is 0 Å². The van der Waals surface area contributed by atoms with Gasteiger partial charge in [-0.1, -0.05) is 25.3 Å². The summed E-state index contributed by atoms with van der Waals surface area (Å²) in [6.45, 7) is 9.75. The molecule has 0 saturated heterocycles. The summed E-state index contributed by atoms with van der Waals surface area (Å²) in [5.74, 6) is -1.48. The van der Waals surface area contributed by atoms with Gasteiger partial charge in [0.25, 0.3) is 0 Å². The van der Waals surface area contributed by atoms with Crippen LogP contribution in [0.2, 0.25) is 0 Å².